The summed E-state index contributed by atoms with van der Waals surface area (Å²) in [7, 11) is 0. The third-order valence-electron chi connectivity index (χ3n) is 3.94. The van der Waals surface area contributed by atoms with E-state index in [0.29, 0.717) is 6.79 Å². The van der Waals surface area contributed by atoms with Crippen LogP contribution in [0.1, 0.15) is 17.5 Å². The van der Waals surface area contributed by atoms with E-state index in [2.05, 4.69) is 11.8 Å². The number of fused-ring (bicyclic) bond motifs is 1. The van der Waals surface area contributed by atoms with Crippen LogP contribution in [-0.4, -0.2) is 30.1 Å². The fraction of sp³-hybridized carbons (Fsp3) is 0.316. The SMILES string of the molecule is O=C(Cc1ccc(CCC#CC2=CC3OCOC3C=C2)cc1)NO. The second-order valence-electron chi connectivity index (χ2n) is 5.69. The van der Waals surface area contributed by atoms with Crippen LogP contribution in [0.2, 0.25) is 0 Å². The van der Waals surface area contributed by atoms with Crippen LogP contribution in [0.5, 0.6) is 0 Å². The molecule has 0 aromatic heterocycles. The Labute approximate surface area is 140 Å². The van der Waals surface area contributed by atoms with Gasteiger partial charge in [0, 0.05) is 12.0 Å². The lowest BCUT2D eigenvalue weighted by atomic mass is 10.0. The first kappa shape index (κ1) is 16.5. The molecule has 1 aromatic carbocycles. The van der Waals surface area contributed by atoms with Crippen LogP contribution >= 0.6 is 0 Å². The number of carbonyl (C=O) groups excluding carboxylic acids is 1. The molecule has 0 saturated carbocycles. The summed E-state index contributed by atoms with van der Waals surface area (Å²) in [6, 6.07) is 7.75. The first-order valence-electron chi connectivity index (χ1n) is 7.87. The molecule has 1 saturated heterocycles. The zero-order valence-electron chi connectivity index (χ0n) is 13.2. The van der Waals surface area contributed by atoms with Crippen molar-refractivity contribution in [3.8, 4) is 11.8 Å². The molecule has 1 aromatic rings. The Kier molecular flexibility index (Phi) is 5.44. The van der Waals surface area contributed by atoms with Gasteiger partial charge in [-0.15, -0.1) is 0 Å². The summed E-state index contributed by atoms with van der Waals surface area (Å²) < 4.78 is 10.8. The molecule has 1 aliphatic carbocycles. The summed E-state index contributed by atoms with van der Waals surface area (Å²) in [5, 5.41) is 8.51. The number of amides is 1. The van der Waals surface area contributed by atoms with E-state index in [4.69, 9.17) is 14.7 Å². The van der Waals surface area contributed by atoms with E-state index in [1.807, 2.05) is 42.5 Å². The topological polar surface area (TPSA) is 67.8 Å². The van der Waals surface area contributed by atoms with Crippen molar-refractivity contribution in [3.63, 3.8) is 0 Å². The summed E-state index contributed by atoms with van der Waals surface area (Å²) >= 11 is 0. The lowest BCUT2D eigenvalue weighted by molar-refractivity contribution is -0.128. The number of hydrogen-bond acceptors (Lipinski definition) is 4. The molecule has 0 spiro atoms. The Hall–Kier alpha value is -2.39. The maximum Gasteiger partial charge on any atom is 0.247 e. The first-order valence-corrected chi connectivity index (χ1v) is 7.87. The van der Waals surface area contributed by atoms with E-state index in [1.54, 1.807) is 5.48 Å². The van der Waals surface area contributed by atoms with E-state index in [0.717, 1.165) is 24.0 Å². The standard InChI is InChI=1S/C19H19NO4/c21-19(20-22)12-16-7-5-14(6-8-16)3-1-2-4-15-9-10-17-18(11-15)24-13-23-17/h5-11,17-18,22H,1,3,12-13H2,(H,20,21). The minimum atomic E-state index is -0.415. The van der Waals surface area contributed by atoms with Crippen LogP contribution in [0.4, 0.5) is 0 Å². The highest BCUT2D eigenvalue weighted by Gasteiger charge is 2.27. The second kappa shape index (κ2) is 7.93. The Balaban J connectivity index is 1.48. The molecule has 1 heterocycles. The summed E-state index contributed by atoms with van der Waals surface area (Å²) in [5.74, 6) is 5.92. The average Bonchev–Trinajstić information content (AvgIpc) is 3.07. The largest absolute Gasteiger partial charge is 0.345 e. The highest BCUT2D eigenvalue weighted by Crippen LogP contribution is 2.21. The Morgan fingerprint density at radius 1 is 1.21 bits per heavy atom. The molecule has 2 unspecified atom stereocenters. The third-order valence-corrected chi connectivity index (χ3v) is 3.94. The van der Waals surface area contributed by atoms with Crippen LogP contribution in [0.25, 0.3) is 0 Å². The van der Waals surface area contributed by atoms with E-state index in [-0.39, 0.29) is 18.6 Å². The van der Waals surface area contributed by atoms with Gasteiger partial charge in [-0.25, -0.2) is 5.48 Å². The van der Waals surface area contributed by atoms with Crippen LogP contribution in [0.15, 0.2) is 48.1 Å². The number of carbonyl (C=O) groups is 1. The number of hydroxylamine groups is 1. The summed E-state index contributed by atoms with van der Waals surface area (Å²) in [4.78, 5) is 11.1. The minimum absolute atomic E-state index is 0.0111. The van der Waals surface area contributed by atoms with Gasteiger partial charge in [-0.3, -0.25) is 10.0 Å². The van der Waals surface area contributed by atoms with Gasteiger partial charge >= 0.3 is 0 Å². The van der Waals surface area contributed by atoms with Crippen molar-refractivity contribution in [2.45, 2.75) is 31.5 Å². The quantitative estimate of drug-likeness (QED) is 0.504. The van der Waals surface area contributed by atoms with E-state index in [9.17, 15) is 4.79 Å². The van der Waals surface area contributed by atoms with Crippen molar-refractivity contribution in [3.05, 3.63) is 59.2 Å². The van der Waals surface area contributed by atoms with Gasteiger partial charge in [0.25, 0.3) is 0 Å². The lowest BCUT2D eigenvalue weighted by Crippen LogP contribution is -2.20. The summed E-state index contributed by atoms with van der Waals surface area (Å²) in [5.41, 5.74) is 4.62. The van der Waals surface area contributed by atoms with Gasteiger partial charge in [0.2, 0.25) is 5.91 Å². The molecule has 124 valence electrons. The molecular formula is C19H19NO4. The smallest absolute Gasteiger partial charge is 0.247 e. The predicted molar refractivity (Wildman–Crippen MR) is 88.0 cm³/mol. The van der Waals surface area contributed by atoms with Crippen LogP contribution in [0.3, 0.4) is 0 Å². The molecule has 2 aliphatic rings. The number of nitrogens with one attached hydrogen (secondary N) is 1. The highest BCUT2D eigenvalue weighted by molar-refractivity contribution is 5.77. The number of rotatable bonds is 4. The maximum absolute atomic E-state index is 11.1. The molecule has 5 nitrogen and oxygen atoms in total. The number of hydrogen-bond donors (Lipinski definition) is 2. The van der Waals surface area contributed by atoms with E-state index < -0.39 is 5.91 Å². The zero-order valence-corrected chi connectivity index (χ0v) is 13.2. The van der Waals surface area contributed by atoms with Crippen molar-refractivity contribution in [2.24, 2.45) is 0 Å². The molecule has 1 amide bonds. The van der Waals surface area contributed by atoms with E-state index in [1.165, 1.54) is 5.56 Å². The average molecular weight is 325 g/mol. The van der Waals surface area contributed by atoms with Crippen molar-refractivity contribution in [2.75, 3.05) is 6.79 Å². The molecule has 3 rings (SSSR count). The third kappa shape index (κ3) is 4.33. The molecule has 1 aliphatic heterocycles. The first-order chi connectivity index (χ1) is 11.7. The van der Waals surface area contributed by atoms with Gasteiger partial charge in [-0.05, 0) is 29.7 Å². The second-order valence-corrected chi connectivity index (χ2v) is 5.69. The van der Waals surface area contributed by atoms with Crippen molar-refractivity contribution in [1.29, 1.82) is 0 Å². The molecule has 2 atom stereocenters. The lowest BCUT2D eigenvalue weighted by Gasteiger charge is -2.13. The van der Waals surface area contributed by atoms with Crippen LogP contribution in [0, 0.1) is 11.8 Å². The van der Waals surface area contributed by atoms with Gasteiger partial charge in [-0.2, -0.15) is 0 Å². The van der Waals surface area contributed by atoms with Crippen molar-refractivity contribution < 1.29 is 19.5 Å². The van der Waals surface area contributed by atoms with Gasteiger partial charge in [0.05, 0.1) is 6.42 Å². The van der Waals surface area contributed by atoms with Gasteiger partial charge in [0.1, 0.15) is 19.0 Å². The fourth-order valence-electron chi connectivity index (χ4n) is 2.63. The Morgan fingerprint density at radius 2 is 1.96 bits per heavy atom. The van der Waals surface area contributed by atoms with E-state index >= 15 is 0 Å². The van der Waals surface area contributed by atoms with Crippen molar-refractivity contribution in [1.82, 2.24) is 5.48 Å². The highest BCUT2D eigenvalue weighted by atomic mass is 16.7. The van der Waals surface area contributed by atoms with Crippen LogP contribution < -0.4 is 5.48 Å². The Morgan fingerprint density at radius 3 is 2.75 bits per heavy atom. The molecule has 0 bridgehead atoms. The molecule has 5 heteroatoms. The number of aryl methyl sites for hydroxylation is 1. The van der Waals surface area contributed by atoms with Gasteiger partial charge in [0.15, 0.2) is 0 Å². The number of ether oxygens (including phenoxy) is 2. The fourth-order valence-corrected chi connectivity index (χ4v) is 2.63. The van der Waals surface area contributed by atoms with Crippen LogP contribution in [-0.2, 0) is 27.1 Å². The maximum atomic E-state index is 11.1. The molecule has 1 fully saturated rings. The molecule has 2 N–H and O–H groups in total. The monoisotopic (exact) mass is 325 g/mol. The minimum Gasteiger partial charge on any atom is -0.345 e. The Bertz CT molecular complexity index is 709. The van der Waals surface area contributed by atoms with Gasteiger partial charge in [-0.1, -0.05) is 42.2 Å². The molecular weight excluding hydrogens is 306 g/mol. The zero-order chi connectivity index (χ0) is 16.8. The summed E-state index contributed by atoms with van der Waals surface area (Å²) in [6.07, 6.45) is 7.77. The number of allylic oxidation sites excluding steroid dienone is 2. The van der Waals surface area contributed by atoms with Crippen molar-refractivity contribution >= 4 is 5.91 Å². The normalized spacial score (nSPS) is 21.5. The molecule has 24 heavy (non-hydrogen) atoms. The molecule has 0 radical (unpaired) electrons. The van der Waals surface area contributed by atoms with Gasteiger partial charge < -0.3 is 9.47 Å². The predicted octanol–water partition coefficient (Wildman–Crippen LogP) is 1.91. The number of benzene rings is 1. The summed E-state index contributed by atoms with van der Waals surface area (Å²) in [6.45, 7) is 0.340.